The van der Waals surface area contributed by atoms with Crippen molar-refractivity contribution in [2.24, 2.45) is 0 Å². The molecule has 15 heteroatoms. The van der Waals surface area contributed by atoms with E-state index < -0.39 is 48.8 Å². The van der Waals surface area contributed by atoms with E-state index in [0.29, 0.717) is 19.8 Å². The van der Waals surface area contributed by atoms with Gasteiger partial charge >= 0.3 is 23.9 Å². The van der Waals surface area contributed by atoms with Crippen LogP contribution in [-0.4, -0.2) is 105 Å². The number of carboxylic acid groups (broad SMARTS) is 2. The summed E-state index contributed by atoms with van der Waals surface area (Å²) in [5.41, 5.74) is 0. The first-order valence-corrected chi connectivity index (χ1v) is 23.5. The van der Waals surface area contributed by atoms with Crippen LogP contribution in [0.3, 0.4) is 0 Å². The normalized spacial score (nSPS) is 10.9. The Labute approximate surface area is 250 Å². The molecular formula is C26H58O12Si3. The smallest absolute Gasteiger partial charge is 0.306 e. The zero-order valence-corrected chi connectivity index (χ0v) is 30.3. The van der Waals surface area contributed by atoms with Crippen LogP contribution in [0.5, 0.6) is 0 Å². The van der Waals surface area contributed by atoms with Crippen molar-refractivity contribution < 1.29 is 57.2 Å². The van der Waals surface area contributed by atoms with Gasteiger partial charge in [-0.25, -0.2) is 0 Å². The molecule has 0 rings (SSSR count). The number of carbonyl (C=O) groups is 4. The van der Waals surface area contributed by atoms with Gasteiger partial charge in [0.15, 0.2) is 25.0 Å². The Morgan fingerprint density at radius 2 is 1.07 bits per heavy atom. The van der Waals surface area contributed by atoms with Gasteiger partial charge in [0.1, 0.15) is 0 Å². The molecule has 3 N–H and O–H groups in total. The second-order valence-corrected chi connectivity index (χ2v) is 24.4. The largest absolute Gasteiger partial charge is 0.481 e. The Kier molecular flexibility index (Phi) is 30.8. The van der Waals surface area contributed by atoms with Crippen LogP contribution < -0.4 is 0 Å². The highest BCUT2D eigenvalue weighted by atomic mass is 28.4. The van der Waals surface area contributed by atoms with Gasteiger partial charge in [-0.2, -0.15) is 0 Å². The first-order valence-electron chi connectivity index (χ1n) is 13.8. The predicted octanol–water partition coefficient (Wildman–Crippen LogP) is 4.74. The van der Waals surface area contributed by atoms with Crippen molar-refractivity contribution in [3.63, 3.8) is 0 Å². The minimum Gasteiger partial charge on any atom is -0.481 e. The van der Waals surface area contributed by atoms with Gasteiger partial charge in [0.05, 0.1) is 38.9 Å². The standard InChI is InChI=1S/C8H22O2Si2.2C6H10O4.C6H16O2Si/c1-9-7-8-12(5,6)10-11(2,3)4;2*1-2-10-6(9)4-3-5(7)8;1-8-9(2,3)6-4-5-7/h7-8H2,1-6H3;2*2-4H2,1H3,(H,7,8);7H,4-6H2,1-3H3. The van der Waals surface area contributed by atoms with Crippen molar-refractivity contribution >= 4 is 48.8 Å². The molecule has 0 saturated heterocycles. The topological polar surface area (TPSA) is 175 Å². The van der Waals surface area contributed by atoms with Crippen molar-refractivity contribution in [1.82, 2.24) is 0 Å². The summed E-state index contributed by atoms with van der Waals surface area (Å²) in [6, 6.07) is 2.16. The Morgan fingerprint density at radius 3 is 1.34 bits per heavy atom. The number of carbonyl (C=O) groups excluding carboxylic acids is 2. The van der Waals surface area contributed by atoms with Gasteiger partial charge in [-0.15, -0.1) is 0 Å². The highest BCUT2D eigenvalue weighted by molar-refractivity contribution is 6.84. The van der Waals surface area contributed by atoms with Crippen LogP contribution in [0.15, 0.2) is 0 Å². The molecule has 0 aromatic heterocycles. The van der Waals surface area contributed by atoms with Crippen molar-refractivity contribution in [2.45, 2.75) is 104 Å². The van der Waals surface area contributed by atoms with E-state index in [0.717, 1.165) is 25.1 Å². The molecule has 0 radical (unpaired) electrons. The Balaban J connectivity index is -0.000000224. The van der Waals surface area contributed by atoms with E-state index in [1.54, 1.807) is 28.1 Å². The van der Waals surface area contributed by atoms with Gasteiger partial charge < -0.3 is 38.1 Å². The van der Waals surface area contributed by atoms with Gasteiger partial charge in [-0.3, -0.25) is 19.2 Å². The number of rotatable bonds is 17. The number of aliphatic hydroxyl groups is 1. The van der Waals surface area contributed by atoms with Gasteiger partial charge in [-0.05, 0) is 78.2 Å². The molecule has 0 aromatic rings. The molecule has 0 atom stereocenters. The number of carboxylic acids is 2. The zero-order valence-electron chi connectivity index (χ0n) is 27.3. The number of hydrogen-bond donors (Lipinski definition) is 3. The molecule has 246 valence electrons. The summed E-state index contributed by atoms with van der Waals surface area (Å²) in [4.78, 5) is 40.7. The summed E-state index contributed by atoms with van der Waals surface area (Å²) in [6.45, 7) is 20.7. The van der Waals surface area contributed by atoms with Crippen LogP contribution in [0.25, 0.3) is 0 Å². The molecule has 0 spiro atoms. The molecule has 0 saturated carbocycles. The Bertz CT molecular complexity index is 664. The molecule has 0 aliphatic rings. The van der Waals surface area contributed by atoms with Crippen LogP contribution in [-0.2, 0) is 41.9 Å². The number of esters is 2. The minimum absolute atomic E-state index is 0.0385. The predicted molar refractivity (Wildman–Crippen MR) is 167 cm³/mol. The van der Waals surface area contributed by atoms with E-state index in [1.807, 2.05) is 0 Å². The Hall–Kier alpha value is -1.63. The third kappa shape index (κ3) is 45.6. The molecule has 12 nitrogen and oxygen atoms in total. The highest BCUT2D eigenvalue weighted by Crippen LogP contribution is 2.17. The third-order valence-corrected chi connectivity index (χ3v) is 13.4. The molecule has 0 aliphatic heterocycles. The van der Waals surface area contributed by atoms with Crippen molar-refractivity contribution in [3.8, 4) is 0 Å². The summed E-state index contributed by atoms with van der Waals surface area (Å²) in [5.74, 6) is -2.86. The fourth-order valence-electron chi connectivity index (χ4n) is 2.72. The summed E-state index contributed by atoms with van der Waals surface area (Å²) >= 11 is 0. The second kappa shape index (κ2) is 27.2. The zero-order chi connectivity index (χ0) is 33.1. The molecule has 0 bridgehead atoms. The Morgan fingerprint density at radius 1 is 0.659 bits per heavy atom. The van der Waals surface area contributed by atoms with Gasteiger partial charge in [-0.1, -0.05) is 0 Å². The summed E-state index contributed by atoms with van der Waals surface area (Å²) < 4.78 is 25.4. The molecule has 0 heterocycles. The maximum Gasteiger partial charge on any atom is 0.306 e. The number of aliphatic carboxylic acids is 2. The molecule has 0 amide bonds. The van der Waals surface area contributed by atoms with Crippen molar-refractivity contribution in [2.75, 3.05) is 40.6 Å². The summed E-state index contributed by atoms with van der Waals surface area (Å²) in [6.07, 6.45) is 0.497. The molecule has 0 aliphatic carbocycles. The lowest BCUT2D eigenvalue weighted by atomic mass is 10.3. The van der Waals surface area contributed by atoms with E-state index in [2.05, 4.69) is 55.3 Å². The number of aliphatic hydroxyl groups excluding tert-OH is 1. The van der Waals surface area contributed by atoms with E-state index in [1.165, 1.54) is 0 Å². The minimum atomic E-state index is -1.42. The average molecular weight is 647 g/mol. The van der Waals surface area contributed by atoms with E-state index in [4.69, 9.17) is 28.6 Å². The maximum atomic E-state index is 10.5. The third-order valence-electron chi connectivity index (χ3n) is 4.68. The van der Waals surface area contributed by atoms with Crippen LogP contribution >= 0.6 is 0 Å². The van der Waals surface area contributed by atoms with Gasteiger partial charge in [0, 0.05) is 27.4 Å². The molecule has 0 unspecified atom stereocenters. The highest BCUT2D eigenvalue weighted by Gasteiger charge is 2.28. The molecule has 41 heavy (non-hydrogen) atoms. The number of hydrogen-bond acceptors (Lipinski definition) is 10. The van der Waals surface area contributed by atoms with Gasteiger partial charge in [0.2, 0.25) is 0 Å². The summed E-state index contributed by atoms with van der Waals surface area (Å²) in [7, 11) is -0.615. The lowest BCUT2D eigenvalue weighted by Crippen LogP contribution is -2.42. The van der Waals surface area contributed by atoms with Crippen molar-refractivity contribution in [3.05, 3.63) is 0 Å². The fourth-order valence-corrected chi connectivity index (χ4v) is 11.7. The van der Waals surface area contributed by atoms with Crippen LogP contribution in [0.4, 0.5) is 0 Å². The fraction of sp³-hybridized carbons (Fsp3) is 0.846. The lowest BCUT2D eigenvalue weighted by molar-refractivity contribution is -0.147. The summed E-state index contributed by atoms with van der Waals surface area (Å²) in [5, 5.41) is 24.7. The quantitative estimate of drug-likeness (QED) is 0.146. The second-order valence-electron chi connectivity index (χ2n) is 10.9. The average Bonchev–Trinajstić information content (AvgIpc) is 2.84. The van der Waals surface area contributed by atoms with Crippen molar-refractivity contribution in [1.29, 1.82) is 0 Å². The van der Waals surface area contributed by atoms with Gasteiger partial charge in [0.25, 0.3) is 0 Å². The first-order chi connectivity index (χ1) is 18.7. The van der Waals surface area contributed by atoms with Crippen LogP contribution in [0.2, 0.25) is 57.9 Å². The SMILES string of the molecule is CCOC(=O)CCC(=O)O.CCOC(=O)CCC(=O)O.COCC[Si](C)(C)O[Si](C)(C)C.CO[Si](C)(C)CCCO. The van der Waals surface area contributed by atoms with E-state index >= 15 is 0 Å². The lowest BCUT2D eigenvalue weighted by Gasteiger charge is -2.31. The van der Waals surface area contributed by atoms with E-state index in [9.17, 15) is 19.2 Å². The van der Waals surface area contributed by atoms with Crippen LogP contribution in [0.1, 0.15) is 46.0 Å². The monoisotopic (exact) mass is 646 g/mol. The number of methoxy groups -OCH3 is 1. The molecule has 0 fully saturated rings. The molecule has 0 aromatic carbocycles. The molecular weight excluding hydrogens is 589 g/mol. The van der Waals surface area contributed by atoms with Crippen LogP contribution in [0, 0.1) is 0 Å². The maximum absolute atomic E-state index is 10.5. The number of ether oxygens (including phenoxy) is 3. The first kappa shape index (κ1) is 46.3. The van der Waals surface area contributed by atoms with E-state index in [-0.39, 0.29) is 25.7 Å².